The maximum absolute atomic E-state index is 13.2. The number of para-hydroxylation sites is 1. The number of nitro groups is 1. The van der Waals surface area contributed by atoms with Gasteiger partial charge in [-0.05, 0) is 45.4 Å². The number of benzene rings is 2. The average molecular weight is 432 g/mol. The van der Waals surface area contributed by atoms with Crippen LogP contribution in [-0.4, -0.2) is 33.2 Å². The van der Waals surface area contributed by atoms with Gasteiger partial charge >= 0.3 is 0 Å². The van der Waals surface area contributed by atoms with Gasteiger partial charge in [-0.1, -0.05) is 41.9 Å². The van der Waals surface area contributed by atoms with E-state index in [1.165, 1.54) is 11.0 Å². The van der Waals surface area contributed by atoms with Crippen molar-refractivity contribution in [2.45, 2.75) is 52.2 Å². The predicted octanol–water partition coefficient (Wildman–Crippen LogP) is 4.12. The Labute approximate surface area is 181 Å². The molecule has 0 aliphatic rings. The van der Waals surface area contributed by atoms with Crippen LogP contribution in [0, 0.1) is 10.1 Å². The number of rotatable bonds is 7. The summed E-state index contributed by atoms with van der Waals surface area (Å²) < 4.78 is 0. The molecule has 1 N–H and O–H groups in total. The molecule has 160 valence electrons. The first-order valence-corrected chi connectivity index (χ1v) is 9.94. The van der Waals surface area contributed by atoms with E-state index in [1.807, 2.05) is 26.8 Å². The van der Waals surface area contributed by atoms with Crippen molar-refractivity contribution in [3.8, 4) is 0 Å². The molecule has 0 fully saturated rings. The number of hydrogen-bond acceptors (Lipinski definition) is 4. The quantitative estimate of drug-likeness (QED) is 0.527. The number of nitrogens with one attached hydrogen (secondary N) is 1. The monoisotopic (exact) mass is 431 g/mol. The molecule has 2 amide bonds. The van der Waals surface area contributed by atoms with E-state index in [-0.39, 0.29) is 30.5 Å². The number of amides is 2. The van der Waals surface area contributed by atoms with E-state index >= 15 is 0 Å². The van der Waals surface area contributed by atoms with Gasteiger partial charge in [-0.3, -0.25) is 19.7 Å². The van der Waals surface area contributed by atoms with Crippen LogP contribution in [0.4, 0.5) is 5.69 Å². The van der Waals surface area contributed by atoms with E-state index in [2.05, 4.69) is 5.32 Å². The number of halogens is 1. The summed E-state index contributed by atoms with van der Waals surface area (Å²) in [4.78, 5) is 38.1. The summed E-state index contributed by atoms with van der Waals surface area (Å²) in [7, 11) is 0. The minimum absolute atomic E-state index is 0.125. The maximum atomic E-state index is 13.2. The molecule has 0 saturated carbocycles. The second kappa shape index (κ2) is 9.71. The SMILES string of the molecule is C[C@@H](C(=O)NC(C)(C)C)N(Cc1cccc(Cl)c1)C(=O)Cc1ccccc1[N+](=O)[O-]. The molecule has 2 rings (SSSR count). The summed E-state index contributed by atoms with van der Waals surface area (Å²) in [5, 5.41) is 14.7. The van der Waals surface area contributed by atoms with Gasteiger partial charge in [0.25, 0.3) is 5.69 Å². The third-order valence-electron chi connectivity index (χ3n) is 4.44. The average Bonchev–Trinajstić information content (AvgIpc) is 2.64. The van der Waals surface area contributed by atoms with Crippen LogP contribution in [0.5, 0.6) is 0 Å². The van der Waals surface area contributed by atoms with Gasteiger partial charge < -0.3 is 10.2 Å². The summed E-state index contributed by atoms with van der Waals surface area (Å²) in [5.41, 5.74) is 0.468. The van der Waals surface area contributed by atoms with Crippen molar-refractivity contribution in [1.29, 1.82) is 0 Å². The number of carbonyl (C=O) groups is 2. The first-order valence-electron chi connectivity index (χ1n) is 9.56. The lowest BCUT2D eigenvalue weighted by Crippen LogP contribution is -2.52. The van der Waals surface area contributed by atoms with Crippen LogP contribution in [0.3, 0.4) is 0 Å². The molecule has 0 aliphatic carbocycles. The summed E-state index contributed by atoms with van der Waals surface area (Å²) >= 11 is 6.06. The Morgan fingerprint density at radius 2 is 1.83 bits per heavy atom. The van der Waals surface area contributed by atoms with Crippen molar-refractivity contribution in [3.63, 3.8) is 0 Å². The van der Waals surface area contributed by atoms with Gasteiger partial charge in [-0.15, -0.1) is 0 Å². The molecule has 0 spiro atoms. The summed E-state index contributed by atoms with van der Waals surface area (Å²) in [6, 6.07) is 12.4. The Kier molecular flexibility index (Phi) is 7.56. The highest BCUT2D eigenvalue weighted by Crippen LogP contribution is 2.21. The molecule has 2 aromatic carbocycles. The molecule has 0 bridgehead atoms. The standard InChI is InChI=1S/C22H26ClN3O4/c1-15(21(28)24-22(2,3)4)25(14-16-8-7-10-18(23)12-16)20(27)13-17-9-5-6-11-19(17)26(29)30/h5-12,15H,13-14H2,1-4H3,(H,24,28)/t15-/m0/s1. The molecule has 30 heavy (non-hydrogen) atoms. The van der Waals surface area contributed by atoms with E-state index in [0.29, 0.717) is 10.6 Å². The summed E-state index contributed by atoms with van der Waals surface area (Å²) in [6.45, 7) is 7.36. The lowest BCUT2D eigenvalue weighted by atomic mass is 10.1. The minimum Gasteiger partial charge on any atom is -0.350 e. The first kappa shape index (κ1) is 23.3. The highest BCUT2D eigenvalue weighted by atomic mass is 35.5. The molecular formula is C22H26ClN3O4. The highest BCUT2D eigenvalue weighted by molar-refractivity contribution is 6.30. The third kappa shape index (κ3) is 6.56. The van der Waals surface area contributed by atoms with Gasteiger partial charge in [0.1, 0.15) is 6.04 Å². The van der Waals surface area contributed by atoms with E-state index < -0.39 is 16.5 Å². The number of nitro benzene ring substituents is 1. The third-order valence-corrected chi connectivity index (χ3v) is 4.67. The molecule has 0 heterocycles. The maximum Gasteiger partial charge on any atom is 0.273 e. The van der Waals surface area contributed by atoms with Crippen molar-refractivity contribution in [3.05, 3.63) is 74.8 Å². The predicted molar refractivity (Wildman–Crippen MR) is 116 cm³/mol. The van der Waals surface area contributed by atoms with Crippen LogP contribution in [0.25, 0.3) is 0 Å². The van der Waals surface area contributed by atoms with Gasteiger partial charge in [0.05, 0.1) is 11.3 Å². The summed E-state index contributed by atoms with van der Waals surface area (Å²) in [5.74, 6) is -0.693. The zero-order valence-electron chi connectivity index (χ0n) is 17.5. The Balaban J connectivity index is 2.33. The molecule has 7 nitrogen and oxygen atoms in total. The topological polar surface area (TPSA) is 92.6 Å². The molecule has 0 radical (unpaired) electrons. The smallest absolute Gasteiger partial charge is 0.273 e. The van der Waals surface area contributed by atoms with Crippen LogP contribution < -0.4 is 5.32 Å². The minimum atomic E-state index is -0.779. The Bertz CT molecular complexity index is 940. The Morgan fingerprint density at radius 3 is 2.43 bits per heavy atom. The molecule has 0 unspecified atom stereocenters. The van der Waals surface area contributed by atoms with Crippen molar-refractivity contribution in [2.24, 2.45) is 0 Å². The molecule has 0 saturated heterocycles. The van der Waals surface area contributed by atoms with Crippen molar-refractivity contribution in [1.82, 2.24) is 10.2 Å². The lowest BCUT2D eigenvalue weighted by molar-refractivity contribution is -0.385. The van der Waals surface area contributed by atoms with Crippen LogP contribution in [0.1, 0.15) is 38.8 Å². The zero-order chi connectivity index (χ0) is 22.5. The van der Waals surface area contributed by atoms with E-state index in [1.54, 1.807) is 43.3 Å². The fraction of sp³-hybridized carbons (Fsp3) is 0.364. The second-order valence-electron chi connectivity index (χ2n) is 8.13. The fourth-order valence-corrected chi connectivity index (χ4v) is 3.20. The normalized spacial score (nSPS) is 12.2. The van der Waals surface area contributed by atoms with E-state index in [9.17, 15) is 19.7 Å². The van der Waals surface area contributed by atoms with E-state index in [4.69, 9.17) is 11.6 Å². The van der Waals surface area contributed by atoms with Gasteiger partial charge in [0, 0.05) is 28.7 Å². The molecule has 0 aromatic heterocycles. The largest absolute Gasteiger partial charge is 0.350 e. The summed E-state index contributed by atoms with van der Waals surface area (Å²) in [6.07, 6.45) is -0.190. The van der Waals surface area contributed by atoms with Crippen molar-refractivity contribution < 1.29 is 14.5 Å². The Hall–Kier alpha value is -2.93. The first-order chi connectivity index (χ1) is 14.0. The fourth-order valence-electron chi connectivity index (χ4n) is 2.99. The Morgan fingerprint density at radius 1 is 1.17 bits per heavy atom. The number of nitrogens with zero attached hydrogens (tertiary/aromatic N) is 2. The second-order valence-corrected chi connectivity index (χ2v) is 8.57. The van der Waals surface area contributed by atoms with Gasteiger partial charge in [0.2, 0.25) is 11.8 Å². The van der Waals surface area contributed by atoms with Gasteiger partial charge in [-0.2, -0.15) is 0 Å². The van der Waals surface area contributed by atoms with Crippen LogP contribution in [-0.2, 0) is 22.6 Å². The number of carbonyl (C=O) groups excluding carboxylic acids is 2. The highest BCUT2D eigenvalue weighted by Gasteiger charge is 2.29. The van der Waals surface area contributed by atoms with Gasteiger partial charge in [-0.25, -0.2) is 0 Å². The van der Waals surface area contributed by atoms with Crippen molar-refractivity contribution in [2.75, 3.05) is 0 Å². The van der Waals surface area contributed by atoms with Gasteiger partial charge in [0.15, 0.2) is 0 Å². The van der Waals surface area contributed by atoms with Crippen molar-refractivity contribution >= 4 is 29.1 Å². The molecule has 8 heteroatoms. The zero-order valence-corrected chi connectivity index (χ0v) is 18.3. The molecule has 0 aliphatic heterocycles. The molecule has 1 atom stereocenters. The van der Waals surface area contributed by atoms with Crippen LogP contribution in [0.2, 0.25) is 5.02 Å². The molecular weight excluding hydrogens is 406 g/mol. The molecule has 2 aromatic rings. The van der Waals surface area contributed by atoms with E-state index in [0.717, 1.165) is 5.56 Å². The lowest BCUT2D eigenvalue weighted by Gasteiger charge is -2.31. The van der Waals surface area contributed by atoms with Crippen LogP contribution >= 0.6 is 11.6 Å². The van der Waals surface area contributed by atoms with Crippen LogP contribution in [0.15, 0.2) is 48.5 Å². The number of hydrogen-bond donors (Lipinski definition) is 1.